The van der Waals surface area contributed by atoms with Gasteiger partial charge in [-0.25, -0.2) is 4.68 Å². The molecule has 2 N–H and O–H groups in total. The highest BCUT2D eigenvalue weighted by atomic mass is 16.5. The van der Waals surface area contributed by atoms with Gasteiger partial charge in [0.2, 0.25) is 0 Å². The van der Waals surface area contributed by atoms with Crippen molar-refractivity contribution in [3.63, 3.8) is 0 Å². The molecule has 6 nitrogen and oxygen atoms in total. The Balaban J connectivity index is 1.90. The number of methoxy groups -OCH3 is 1. The lowest BCUT2D eigenvalue weighted by Gasteiger charge is -2.08. The lowest BCUT2D eigenvalue weighted by Crippen LogP contribution is -2.13. The van der Waals surface area contributed by atoms with Gasteiger partial charge in [-0.1, -0.05) is 12.1 Å². The summed E-state index contributed by atoms with van der Waals surface area (Å²) in [6, 6.07) is 7.50. The van der Waals surface area contributed by atoms with Crippen LogP contribution in [0.5, 0.6) is 11.5 Å². The fourth-order valence-electron chi connectivity index (χ4n) is 2.02. The Hall–Kier alpha value is -2.08. The third-order valence-corrected chi connectivity index (χ3v) is 3.08. The molecule has 0 amide bonds. The first-order chi connectivity index (χ1) is 9.78. The second-order valence-corrected chi connectivity index (χ2v) is 4.29. The number of rotatable bonds is 7. The van der Waals surface area contributed by atoms with Gasteiger partial charge in [-0.05, 0) is 30.7 Å². The number of ether oxygens (including phenoxy) is 2. The highest BCUT2D eigenvalue weighted by Gasteiger charge is 2.09. The number of hydrogen-bond donors (Lipinski definition) is 1. The summed E-state index contributed by atoms with van der Waals surface area (Å²) in [6.45, 7) is 3.68. The normalized spacial score (nSPS) is 10.6. The van der Waals surface area contributed by atoms with E-state index in [0.29, 0.717) is 19.7 Å². The number of nitrogens with two attached hydrogens (primary N) is 1. The zero-order valence-corrected chi connectivity index (χ0v) is 11.9. The fraction of sp³-hybridized carbons (Fsp3) is 0.429. The van der Waals surface area contributed by atoms with E-state index < -0.39 is 0 Å². The van der Waals surface area contributed by atoms with E-state index in [2.05, 4.69) is 17.2 Å². The summed E-state index contributed by atoms with van der Waals surface area (Å²) in [4.78, 5) is 0. The van der Waals surface area contributed by atoms with E-state index in [-0.39, 0.29) is 0 Å². The molecule has 0 aliphatic heterocycles. The maximum Gasteiger partial charge on any atom is 0.119 e. The smallest absolute Gasteiger partial charge is 0.119 e. The van der Waals surface area contributed by atoms with Crippen molar-refractivity contribution in [1.29, 1.82) is 0 Å². The Morgan fingerprint density at radius 2 is 1.90 bits per heavy atom. The van der Waals surface area contributed by atoms with Crippen molar-refractivity contribution in [2.24, 2.45) is 5.73 Å². The molecule has 20 heavy (non-hydrogen) atoms. The molecule has 1 heterocycles. The van der Waals surface area contributed by atoms with Crippen LogP contribution in [-0.2, 0) is 19.5 Å². The van der Waals surface area contributed by atoms with E-state index >= 15 is 0 Å². The second kappa shape index (κ2) is 6.91. The molecule has 2 aromatic rings. The quantitative estimate of drug-likeness (QED) is 0.827. The molecule has 0 aliphatic carbocycles. The van der Waals surface area contributed by atoms with Crippen molar-refractivity contribution >= 4 is 0 Å². The van der Waals surface area contributed by atoms with E-state index in [1.807, 2.05) is 28.9 Å². The Kier molecular flexibility index (Phi) is 4.95. The summed E-state index contributed by atoms with van der Waals surface area (Å²) in [5.41, 5.74) is 7.56. The van der Waals surface area contributed by atoms with Crippen molar-refractivity contribution in [1.82, 2.24) is 15.0 Å². The number of hydrogen-bond acceptors (Lipinski definition) is 5. The molecular weight excluding hydrogens is 256 g/mol. The molecule has 0 unspecified atom stereocenters. The van der Waals surface area contributed by atoms with Crippen LogP contribution in [-0.4, -0.2) is 28.7 Å². The molecular formula is C14H20N4O2. The van der Waals surface area contributed by atoms with Crippen molar-refractivity contribution in [2.75, 3.05) is 13.7 Å². The summed E-state index contributed by atoms with van der Waals surface area (Å²) in [5.74, 6) is 1.62. The molecule has 0 atom stereocenters. The Bertz CT molecular complexity index is 537. The zero-order valence-electron chi connectivity index (χ0n) is 11.9. The number of benzene rings is 1. The van der Waals surface area contributed by atoms with Crippen LogP contribution in [0, 0.1) is 0 Å². The van der Waals surface area contributed by atoms with E-state index in [4.69, 9.17) is 15.2 Å². The molecule has 0 fully saturated rings. The van der Waals surface area contributed by atoms with Crippen LogP contribution < -0.4 is 15.2 Å². The largest absolute Gasteiger partial charge is 0.497 e. The first kappa shape index (κ1) is 14.3. The van der Waals surface area contributed by atoms with Gasteiger partial charge in [0.15, 0.2) is 0 Å². The van der Waals surface area contributed by atoms with Crippen LogP contribution in [0.2, 0.25) is 0 Å². The Labute approximate surface area is 118 Å². The summed E-state index contributed by atoms with van der Waals surface area (Å²) in [5, 5.41) is 8.17. The second-order valence-electron chi connectivity index (χ2n) is 4.29. The van der Waals surface area contributed by atoms with Gasteiger partial charge in [0.05, 0.1) is 25.0 Å². The van der Waals surface area contributed by atoms with E-state index in [0.717, 1.165) is 29.3 Å². The number of aromatic nitrogens is 3. The Morgan fingerprint density at radius 3 is 2.50 bits per heavy atom. The van der Waals surface area contributed by atoms with E-state index in [1.54, 1.807) is 7.11 Å². The van der Waals surface area contributed by atoms with Crippen LogP contribution in [0.1, 0.15) is 18.3 Å². The van der Waals surface area contributed by atoms with E-state index in [1.165, 1.54) is 0 Å². The van der Waals surface area contributed by atoms with E-state index in [9.17, 15) is 0 Å². The molecule has 0 aliphatic rings. The molecule has 6 heteroatoms. The Morgan fingerprint density at radius 1 is 1.20 bits per heavy atom. The standard InChI is InChI=1S/C14H20N4O2/c1-3-14-13(10-15)16-17-18(14)8-9-20-12-6-4-11(19-2)5-7-12/h4-7H,3,8-10,15H2,1-2H3. The van der Waals surface area contributed by atoms with Crippen molar-refractivity contribution in [3.8, 4) is 11.5 Å². The molecule has 0 spiro atoms. The zero-order chi connectivity index (χ0) is 14.4. The van der Waals surface area contributed by atoms with Crippen LogP contribution >= 0.6 is 0 Å². The maximum absolute atomic E-state index is 5.68. The highest BCUT2D eigenvalue weighted by molar-refractivity contribution is 5.31. The third kappa shape index (κ3) is 3.27. The summed E-state index contributed by atoms with van der Waals surface area (Å²) in [7, 11) is 1.64. The van der Waals surface area contributed by atoms with Crippen LogP contribution in [0.15, 0.2) is 24.3 Å². The molecule has 1 aromatic carbocycles. The lowest BCUT2D eigenvalue weighted by atomic mass is 10.2. The van der Waals surface area contributed by atoms with Gasteiger partial charge in [0.25, 0.3) is 0 Å². The molecule has 0 saturated carbocycles. The minimum Gasteiger partial charge on any atom is -0.497 e. The van der Waals surface area contributed by atoms with Gasteiger partial charge in [-0.2, -0.15) is 0 Å². The SMILES string of the molecule is CCc1c(CN)nnn1CCOc1ccc(OC)cc1. The summed E-state index contributed by atoms with van der Waals surface area (Å²) < 4.78 is 12.6. The third-order valence-electron chi connectivity index (χ3n) is 3.08. The predicted octanol–water partition coefficient (Wildman–Crippen LogP) is 1.39. The maximum atomic E-state index is 5.68. The molecule has 0 saturated heterocycles. The van der Waals surface area contributed by atoms with Crippen LogP contribution in [0.4, 0.5) is 0 Å². The monoisotopic (exact) mass is 276 g/mol. The fourth-order valence-corrected chi connectivity index (χ4v) is 2.02. The molecule has 0 bridgehead atoms. The topological polar surface area (TPSA) is 75.2 Å². The number of nitrogens with zero attached hydrogens (tertiary/aromatic N) is 3. The van der Waals surface area contributed by atoms with Gasteiger partial charge >= 0.3 is 0 Å². The molecule has 108 valence electrons. The van der Waals surface area contributed by atoms with Gasteiger partial charge in [-0.15, -0.1) is 5.10 Å². The van der Waals surface area contributed by atoms with Crippen LogP contribution in [0.25, 0.3) is 0 Å². The summed E-state index contributed by atoms with van der Waals surface area (Å²) >= 11 is 0. The van der Waals surface area contributed by atoms with Crippen molar-refractivity contribution < 1.29 is 9.47 Å². The lowest BCUT2D eigenvalue weighted by molar-refractivity contribution is 0.287. The average Bonchev–Trinajstić information content (AvgIpc) is 2.90. The minimum absolute atomic E-state index is 0.419. The average molecular weight is 276 g/mol. The van der Waals surface area contributed by atoms with Gasteiger partial charge in [0.1, 0.15) is 18.1 Å². The van der Waals surface area contributed by atoms with Crippen molar-refractivity contribution in [3.05, 3.63) is 35.7 Å². The first-order valence-electron chi connectivity index (χ1n) is 6.66. The summed E-state index contributed by atoms with van der Waals surface area (Å²) in [6.07, 6.45) is 0.863. The molecule has 0 radical (unpaired) electrons. The molecule has 1 aromatic heterocycles. The first-order valence-corrected chi connectivity index (χ1v) is 6.66. The minimum atomic E-state index is 0.419. The van der Waals surface area contributed by atoms with Crippen molar-refractivity contribution in [2.45, 2.75) is 26.4 Å². The predicted molar refractivity (Wildman–Crippen MR) is 75.8 cm³/mol. The van der Waals surface area contributed by atoms with Gasteiger partial charge in [-0.3, -0.25) is 0 Å². The van der Waals surface area contributed by atoms with Crippen LogP contribution in [0.3, 0.4) is 0 Å². The highest BCUT2D eigenvalue weighted by Crippen LogP contribution is 2.17. The molecule has 2 rings (SSSR count). The van der Waals surface area contributed by atoms with Gasteiger partial charge in [0, 0.05) is 6.54 Å². The van der Waals surface area contributed by atoms with Gasteiger partial charge < -0.3 is 15.2 Å².